The number of aliphatic hydroxyl groups excluding tert-OH is 1. The number of aliphatic hydroxyl groups is 1. The normalized spacial score (nSPS) is 31.9. The minimum absolute atomic E-state index is 0.255. The number of ether oxygens (including phenoxy) is 2. The molecule has 4 rings (SSSR count). The Morgan fingerprint density at radius 3 is 3.04 bits per heavy atom. The van der Waals surface area contributed by atoms with E-state index in [4.69, 9.17) is 9.47 Å². The minimum Gasteiger partial charge on any atom is -0.387 e. The van der Waals surface area contributed by atoms with Gasteiger partial charge in [-0.05, 0) is 32.8 Å². The number of imidazole rings is 1. The van der Waals surface area contributed by atoms with E-state index in [2.05, 4.69) is 34.6 Å². The second-order valence-electron chi connectivity index (χ2n) is 7.68. The predicted molar refractivity (Wildman–Crippen MR) is 96.9 cm³/mol. The molecule has 0 aliphatic carbocycles. The van der Waals surface area contributed by atoms with Gasteiger partial charge >= 0.3 is 0 Å². The van der Waals surface area contributed by atoms with E-state index >= 15 is 0 Å². The summed E-state index contributed by atoms with van der Waals surface area (Å²) in [5, 5.41) is 10.7. The van der Waals surface area contributed by atoms with E-state index in [1.54, 1.807) is 11.5 Å². The first-order valence-corrected chi connectivity index (χ1v) is 11.3. The Labute approximate surface area is 145 Å². The van der Waals surface area contributed by atoms with Gasteiger partial charge in [0, 0.05) is 0 Å². The molecule has 0 saturated carbocycles. The number of hydrogen-bond donors (Lipinski definition) is 2. The minimum atomic E-state index is -1.24. The zero-order chi connectivity index (χ0) is 18.0. The smallest absolute Gasteiger partial charge is 0.279 e. The second-order valence-corrected chi connectivity index (χ2v) is 12.0. The Kier molecular flexibility index (Phi) is 3.74. The molecule has 0 radical (unpaired) electrons. The molecule has 2 fully saturated rings. The van der Waals surface area contributed by atoms with E-state index in [1.165, 1.54) is 6.33 Å². The van der Waals surface area contributed by atoms with Crippen molar-refractivity contribution < 1.29 is 14.6 Å². The van der Waals surface area contributed by atoms with Crippen molar-refractivity contribution >= 4 is 24.3 Å². The summed E-state index contributed by atoms with van der Waals surface area (Å²) in [5.41, 5.74) is -0.318. The fraction of sp³-hybridized carbons (Fsp3) is 0.625. The lowest BCUT2D eigenvalue weighted by Crippen LogP contribution is -2.41. The summed E-state index contributed by atoms with van der Waals surface area (Å²) in [5.74, 6) is 0.502. The molecule has 4 atom stereocenters. The number of aromatic amines is 1. The molecule has 9 heteroatoms. The van der Waals surface area contributed by atoms with Gasteiger partial charge in [-0.25, -0.2) is 9.97 Å². The van der Waals surface area contributed by atoms with Crippen molar-refractivity contribution in [3.8, 4) is 0 Å². The first kappa shape index (κ1) is 17.0. The van der Waals surface area contributed by atoms with Gasteiger partial charge in [-0.2, -0.15) is 0 Å². The average molecular weight is 366 g/mol. The van der Waals surface area contributed by atoms with Gasteiger partial charge in [-0.3, -0.25) is 9.36 Å². The molecule has 1 unspecified atom stereocenters. The number of aryl methyl sites for hydroxylation is 1. The Morgan fingerprint density at radius 2 is 2.32 bits per heavy atom. The molecule has 2 aromatic rings. The van der Waals surface area contributed by atoms with Crippen LogP contribution in [0.2, 0.25) is 0 Å². The highest BCUT2D eigenvalue weighted by molar-refractivity contribution is 7.72. The second kappa shape index (κ2) is 5.51. The van der Waals surface area contributed by atoms with Crippen LogP contribution in [-0.2, 0) is 9.47 Å². The molecule has 0 spiro atoms. The zero-order valence-corrected chi connectivity index (χ0v) is 15.5. The van der Waals surface area contributed by atoms with Crippen LogP contribution in [0.15, 0.2) is 11.1 Å². The van der Waals surface area contributed by atoms with Crippen molar-refractivity contribution in [2.24, 2.45) is 0 Å². The molecular weight excluding hydrogens is 343 g/mol. The molecule has 2 aromatic heterocycles. The maximum atomic E-state index is 12.0. The lowest BCUT2D eigenvalue weighted by Gasteiger charge is -2.32. The monoisotopic (exact) mass is 366 g/mol. The highest BCUT2D eigenvalue weighted by Crippen LogP contribution is 2.49. The molecule has 0 aromatic carbocycles. The zero-order valence-electron chi connectivity index (χ0n) is 14.6. The van der Waals surface area contributed by atoms with Gasteiger partial charge in [-0.1, -0.05) is 0 Å². The van der Waals surface area contributed by atoms with Crippen LogP contribution in [0.5, 0.6) is 0 Å². The molecule has 2 bridgehead atoms. The summed E-state index contributed by atoms with van der Waals surface area (Å²) in [6.07, 6.45) is 5.61. The molecule has 2 N–H and O–H groups in total. The Morgan fingerprint density at radius 1 is 1.56 bits per heavy atom. The first-order chi connectivity index (χ1) is 11.7. The molecule has 25 heavy (non-hydrogen) atoms. The van der Waals surface area contributed by atoms with Gasteiger partial charge < -0.3 is 19.6 Å². The maximum absolute atomic E-state index is 12.0. The molecule has 136 valence electrons. The van der Waals surface area contributed by atoms with Crippen LogP contribution in [0.25, 0.3) is 11.2 Å². The van der Waals surface area contributed by atoms with E-state index in [-0.39, 0.29) is 11.1 Å². The summed E-state index contributed by atoms with van der Waals surface area (Å²) in [6.45, 7) is 5.18. The molecule has 4 heterocycles. The lowest BCUT2D eigenvalue weighted by molar-refractivity contribution is -0.172. The van der Waals surface area contributed by atoms with E-state index in [0.29, 0.717) is 24.5 Å². The summed E-state index contributed by atoms with van der Waals surface area (Å²) in [4.78, 5) is 23.2. The van der Waals surface area contributed by atoms with Crippen LogP contribution in [0.4, 0.5) is 0 Å². The van der Waals surface area contributed by atoms with Crippen molar-refractivity contribution in [1.29, 1.82) is 0 Å². The molecule has 2 aliphatic rings. The van der Waals surface area contributed by atoms with E-state index < -0.39 is 30.9 Å². The predicted octanol–water partition coefficient (Wildman–Crippen LogP) is 0.555. The third-order valence-corrected chi connectivity index (χ3v) is 6.41. The van der Waals surface area contributed by atoms with Crippen molar-refractivity contribution in [2.75, 3.05) is 26.1 Å². The third kappa shape index (κ3) is 2.68. The quantitative estimate of drug-likeness (QED) is 0.767. The molecular formula is C16H23N4O4P. The number of fused-ring (bicyclic) bond motifs is 3. The fourth-order valence-electron chi connectivity index (χ4n) is 3.57. The Hall–Kier alpha value is -1.47. The molecule has 0 amide bonds. The van der Waals surface area contributed by atoms with Crippen molar-refractivity contribution in [1.82, 2.24) is 19.5 Å². The summed E-state index contributed by atoms with van der Waals surface area (Å²) in [7, 11) is 0. The number of nitrogens with one attached hydrogen (secondary N) is 1. The van der Waals surface area contributed by atoms with Crippen LogP contribution < -0.4 is 5.56 Å². The third-order valence-electron chi connectivity index (χ3n) is 4.97. The van der Waals surface area contributed by atoms with Crippen molar-refractivity contribution in [3.63, 3.8) is 0 Å². The van der Waals surface area contributed by atoms with Crippen LogP contribution in [-0.4, -0.2) is 74.8 Å². The number of hydrogen-bond acceptors (Lipinski definition) is 6. The fourth-order valence-corrected chi connectivity index (χ4v) is 4.55. The Balaban J connectivity index is 1.70. The summed E-state index contributed by atoms with van der Waals surface area (Å²) < 4.78 is 13.8. The lowest BCUT2D eigenvalue weighted by atomic mass is 9.96. The van der Waals surface area contributed by atoms with Crippen molar-refractivity contribution in [3.05, 3.63) is 22.5 Å². The van der Waals surface area contributed by atoms with E-state index in [1.807, 2.05) is 0 Å². The number of rotatable bonds is 4. The van der Waals surface area contributed by atoms with Gasteiger partial charge in [0.1, 0.15) is 23.6 Å². The van der Waals surface area contributed by atoms with Gasteiger partial charge in [-0.15, -0.1) is 13.2 Å². The van der Waals surface area contributed by atoms with E-state index in [9.17, 15) is 9.90 Å². The number of H-pyrrole nitrogens is 1. The highest BCUT2D eigenvalue weighted by atomic mass is 31.2. The maximum Gasteiger partial charge on any atom is 0.279 e. The standard InChI is InChI=1S/C16H23N4O4P/c1-9-18-13-10(14(22)19-9)17-8-20(13)15-11-12(21)16(24-15,7-23-11)5-6-25(2,3)4/h8,11-12,15,21H,2,5-7H2,1,3-4H3,(H,18,19,22)/t11-,12+,15?,16+/m1/s1. The highest BCUT2D eigenvalue weighted by Gasteiger charge is 2.61. The van der Waals surface area contributed by atoms with Crippen LogP contribution in [0.3, 0.4) is 0 Å². The summed E-state index contributed by atoms with van der Waals surface area (Å²) in [6, 6.07) is 0. The molecule has 2 saturated heterocycles. The topological polar surface area (TPSA) is 102 Å². The molecule has 8 nitrogen and oxygen atoms in total. The van der Waals surface area contributed by atoms with E-state index in [0.717, 1.165) is 6.16 Å². The van der Waals surface area contributed by atoms with Crippen LogP contribution in [0.1, 0.15) is 18.5 Å². The SMILES string of the molecule is C=P(C)(C)CC[C@@]12CO[C@@H](C(n3cnc4c(=O)[nH]c(C)nc43)O1)[C@@H]2O. The van der Waals surface area contributed by atoms with Crippen molar-refractivity contribution in [2.45, 2.75) is 37.4 Å². The Bertz CT molecular complexity index is 932. The average Bonchev–Trinajstić information content (AvgIpc) is 3.15. The summed E-state index contributed by atoms with van der Waals surface area (Å²) >= 11 is 0. The van der Waals surface area contributed by atoms with Gasteiger partial charge in [0.2, 0.25) is 0 Å². The van der Waals surface area contributed by atoms with Crippen LogP contribution >= 0.6 is 6.89 Å². The number of aromatic nitrogens is 4. The largest absolute Gasteiger partial charge is 0.387 e. The van der Waals surface area contributed by atoms with Gasteiger partial charge in [0.15, 0.2) is 17.4 Å². The van der Waals surface area contributed by atoms with Crippen LogP contribution in [0, 0.1) is 6.92 Å². The van der Waals surface area contributed by atoms with Gasteiger partial charge in [0.25, 0.3) is 5.56 Å². The van der Waals surface area contributed by atoms with Gasteiger partial charge in [0.05, 0.1) is 12.9 Å². The number of nitrogens with zero attached hydrogens (tertiary/aromatic N) is 3. The first-order valence-electron chi connectivity index (χ1n) is 8.28. The molecule has 2 aliphatic heterocycles.